The molecule has 0 bridgehead atoms. The zero-order chi connectivity index (χ0) is 26.0. The van der Waals surface area contributed by atoms with E-state index in [-0.39, 0.29) is 42.1 Å². The van der Waals surface area contributed by atoms with Crippen LogP contribution >= 0.6 is 11.8 Å². The third-order valence-electron chi connectivity index (χ3n) is 6.60. The van der Waals surface area contributed by atoms with Crippen molar-refractivity contribution in [1.29, 1.82) is 0 Å². The molecule has 200 valence electrons. The minimum absolute atomic E-state index is 0.0185. The van der Waals surface area contributed by atoms with Crippen LogP contribution in [0.5, 0.6) is 11.6 Å². The van der Waals surface area contributed by atoms with E-state index in [1.54, 1.807) is 24.3 Å². The molecular formula is C27H34FN3O5S. The molecule has 1 saturated carbocycles. The quantitative estimate of drug-likeness (QED) is 0.401. The van der Waals surface area contributed by atoms with Gasteiger partial charge in [-0.1, -0.05) is 12.1 Å². The lowest BCUT2D eigenvalue weighted by Crippen LogP contribution is -2.44. The zero-order valence-corrected chi connectivity index (χ0v) is 21.6. The number of hydrogen-bond acceptors (Lipinski definition) is 7. The predicted molar refractivity (Wildman–Crippen MR) is 140 cm³/mol. The highest BCUT2D eigenvalue weighted by Gasteiger charge is 2.27. The van der Waals surface area contributed by atoms with E-state index in [2.05, 4.69) is 15.6 Å². The average Bonchev–Trinajstić information content (AvgIpc) is 2.92. The molecular weight excluding hydrogens is 497 g/mol. The summed E-state index contributed by atoms with van der Waals surface area (Å²) >= 11 is 1.87. The van der Waals surface area contributed by atoms with Crippen LogP contribution in [-0.2, 0) is 0 Å². The summed E-state index contributed by atoms with van der Waals surface area (Å²) in [6, 6.07) is 8.12. The lowest BCUT2D eigenvalue weighted by atomic mass is 9.90. The first-order valence-corrected chi connectivity index (χ1v) is 14.0. The number of carbonyl (C=O) groups excluding carboxylic acids is 2. The highest BCUT2D eigenvalue weighted by Crippen LogP contribution is 2.26. The van der Waals surface area contributed by atoms with E-state index >= 15 is 0 Å². The molecule has 0 radical (unpaired) electrons. The lowest BCUT2D eigenvalue weighted by Gasteiger charge is -2.30. The molecule has 1 aromatic carbocycles. The summed E-state index contributed by atoms with van der Waals surface area (Å²) in [7, 11) is 0. The normalized spacial score (nSPS) is 20.2. The maximum atomic E-state index is 13.9. The van der Waals surface area contributed by atoms with Gasteiger partial charge in [0.15, 0.2) is 0 Å². The Hall–Kier alpha value is -2.85. The van der Waals surface area contributed by atoms with Gasteiger partial charge in [0.25, 0.3) is 11.8 Å². The number of rotatable bonds is 10. The van der Waals surface area contributed by atoms with E-state index in [0.29, 0.717) is 50.0 Å². The number of carbonyl (C=O) groups is 2. The second kappa shape index (κ2) is 13.6. The lowest BCUT2D eigenvalue weighted by molar-refractivity contribution is 0.0883. The molecule has 0 atom stereocenters. The first-order valence-electron chi connectivity index (χ1n) is 12.9. The Bertz CT molecular complexity index is 1060. The van der Waals surface area contributed by atoms with Crippen molar-refractivity contribution >= 4 is 23.6 Å². The van der Waals surface area contributed by atoms with Gasteiger partial charge in [-0.2, -0.15) is 11.8 Å². The van der Waals surface area contributed by atoms with Gasteiger partial charge >= 0.3 is 0 Å². The Morgan fingerprint density at radius 1 is 1.00 bits per heavy atom. The van der Waals surface area contributed by atoms with Gasteiger partial charge in [0, 0.05) is 25.1 Å². The van der Waals surface area contributed by atoms with Crippen LogP contribution in [-0.4, -0.2) is 64.8 Å². The maximum absolute atomic E-state index is 13.9. The number of aliphatic hydroxyl groups is 1. The van der Waals surface area contributed by atoms with Crippen LogP contribution in [0, 0.1) is 5.82 Å². The summed E-state index contributed by atoms with van der Waals surface area (Å²) in [5, 5.41) is 15.0. The molecule has 2 amide bonds. The summed E-state index contributed by atoms with van der Waals surface area (Å²) < 4.78 is 25.5. The van der Waals surface area contributed by atoms with E-state index < -0.39 is 11.7 Å². The van der Waals surface area contributed by atoms with E-state index in [9.17, 15) is 14.0 Å². The number of amides is 2. The van der Waals surface area contributed by atoms with Gasteiger partial charge in [0.05, 0.1) is 18.4 Å². The first-order chi connectivity index (χ1) is 18.0. The monoisotopic (exact) mass is 531 g/mol. The number of pyridine rings is 1. The Labute approximate surface area is 220 Å². The summed E-state index contributed by atoms with van der Waals surface area (Å²) in [5.41, 5.74) is 0.574. The van der Waals surface area contributed by atoms with Gasteiger partial charge in [-0.05, 0) is 68.2 Å². The van der Waals surface area contributed by atoms with E-state index in [1.807, 2.05) is 11.8 Å². The Kier molecular flexibility index (Phi) is 10.0. The number of para-hydroxylation sites is 1. The van der Waals surface area contributed by atoms with Crippen LogP contribution in [0.15, 0.2) is 36.5 Å². The van der Waals surface area contributed by atoms with Crippen molar-refractivity contribution in [1.82, 2.24) is 15.6 Å². The van der Waals surface area contributed by atoms with Crippen LogP contribution in [0.2, 0.25) is 0 Å². The zero-order valence-electron chi connectivity index (χ0n) is 20.8. The van der Waals surface area contributed by atoms with E-state index in [4.69, 9.17) is 14.6 Å². The third kappa shape index (κ3) is 7.82. The van der Waals surface area contributed by atoms with Crippen LogP contribution in [0.4, 0.5) is 4.39 Å². The molecule has 1 aliphatic heterocycles. The fraction of sp³-hybridized carbons (Fsp3) is 0.519. The second-order valence-electron chi connectivity index (χ2n) is 9.35. The molecule has 4 rings (SSSR count). The molecule has 1 aliphatic carbocycles. The average molecular weight is 532 g/mol. The molecule has 37 heavy (non-hydrogen) atoms. The minimum Gasteiger partial charge on any atom is -0.493 e. The maximum Gasteiger partial charge on any atom is 0.257 e. The number of nitrogens with one attached hydrogen (secondary N) is 2. The molecule has 1 aromatic heterocycles. The number of halogens is 1. The van der Waals surface area contributed by atoms with Crippen molar-refractivity contribution in [3.05, 3.63) is 53.5 Å². The van der Waals surface area contributed by atoms with Crippen LogP contribution in [0.1, 0.15) is 65.7 Å². The van der Waals surface area contributed by atoms with Crippen molar-refractivity contribution < 1.29 is 28.6 Å². The van der Waals surface area contributed by atoms with Gasteiger partial charge in [0.1, 0.15) is 23.2 Å². The van der Waals surface area contributed by atoms with E-state index in [1.165, 1.54) is 6.07 Å². The summed E-state index contributed by atoms with van der Waals surface area (Å²) in [6.07, 6.45) is 6.07. The van der Waals surface area contributed by atoms with Gasteiger partial charge in [0.2, 0.25) is 5.88 Å². The molecule has 2 aliphatic rings. The number of hydrogen-bond donors (Lipinski definition) is 3. The molecule has 10 heteroatoms. The number of aromatic nitrogens is 1. The second-order valence-corrected chi connectivity index (χ2v) is 10.6. The van der Waals surface area contributed by atoms with E-state index in [0.717, 1.165) is 30.5 Å². The Balaban J connectivity index is 1.29. The third-order valence-corrected chi connectivity index (χ3v) is 7.65. The van der Waals surface area contributed by atoms with Crippen molar-refractivity contribution in [2.45, 2.75) is 63.1 Å². The minimum atomic E-state index is -0.580. The van der Waals surface area contributed by atoms with Crippen LogP contribution in [0.25, 0.3) is 0 Å². The van der Waals surface area contributed by atoms with Crippen molar-refractivity contribution in [2.75, 3.05) is 24.7 Å². The smallest absolute Gasteiger partial charge is 0.257 e. The number of thioether (sulfide) groups is 1. The van der Waals surface area contributed by atoms with Crippen molar-refractivity contribution in [3.8, 4) is 11.6 Å². The van der Waals surface area contributed by atoms with Crippen LogP contribution in [0.3, 0.4) is 0 Å². The Morgan fingerprint density at radius 2 is 1.65 bits per heavy atom. The molecule has 2 heterocycles. The van der Waals surface area contributed by atoms with Crippen molar-refractivity contribution in [2.24, 2.45) is 0 Å². The number of ether oxygens (including phenoxy) is 2. The highest BCUT2D eigenvalue weighted by atomic mass is 32.2. The summed E-state index contributed by atoms with van der Waals surface area (Å²) in [5.74, 6) is 1.48. The van der Waals surface area contributed by atoms with Gasteiger partial charge in [-0.25, -0.2) is 9.37 Å². The largest absolute Gasteiger partial charge is 0.493 e. The number of aliphatic hydroxyl groups excluding tert-OH is 1. The molecule has 2 fully saturated rings. The number of benzene rings is 1. The SMILES string of the molecule is O=C(NC1CCC(NC(=O)c2cc(F)cnc2OC2CCSCC2)CC1)c1ccccc1OCCCO. The topological polar surface area (TPSA) is 110 Å². The molecule has 0 spiro atoms. The molecule has 2 aromatic rings. The fourth-order valence-electron chi connectivity index (χ4n) is 4.57. The van der Waals surface area contributed by atoms with Crippen LogP contribution < -0.4 is 20.1 Å². The summed E-state index contributed by atoms with van der Waals surface area (Å²) in [4.78, 5) is 29.9. The van der Waals surface area contributed by atoms with Gasteiger partial charge < -0.3 is 25.2 Å². The highest BCUT2D eigenvalue weighted by molar-refractivity contribution is 7.99. The van der Waals surface area contributed by atoms with Gasteiger partial charge in [-0.3, -0.25) is 9.59 Å². The van der Waals surface area contributed by atoms with Gasteiger partial charge in [-0.15, -0.1) is 0 Å². The molecule has 8 nitrogen and oxygen atoms in total. The fourth-order valence-corrected chi connectivity index (χ4v) is 5.63. The molecule has 0 unspecified atom stereocenters. The first kappa shape index (κ1) is 27.2. The predicted octanol–water partition coefficient (Wildman–Crippen LogP) is 3.73. The summed E-state index contributed by atoms with van der Waals surface area (Å²) in [6.45, 7) is 0.358. The Morgan fingerprint density at radius 3 is 2.32 bits per heavy atom. The molecule has 3 N–H and O–H groups in total. The van der Waals surface area contributed by atoms with Crippen molar-refractivity contribution in [3.63, 3.8) is 0 Å². The standard InChI is InChI=1S/C27H34FN3O5S/c28-18-16-23(27(29-17-18)36-21-10-14-37-15-11-21)26(34)31-20-8-6-19(7-9-20)30-25(33)22-4-1-2-5-24(22)35-13-3-12-32/h1-2,4-5,16-17,19-21,32H,3,6-15H2,(H,30,33)(H,31,34). The molecule has 1 saturated heterocycles. The number of nitrogens with zero attached hydrogens (tertiary/aromatic N) is 1.